The molecular weight excluding hydrogens is 284 g/mol. The number of nitrogens with two attached hydrogens (primary N) is 1. The lowest BCUT2D eigenvalue weighted by molar-refractivity contribution is -0.118. The van der Waals surface area contributed by atoms with E-state index in [0.29, 0.717) is 18.5 Å². The average molecular weight is 301 g/mol. The molecule has 1 aromatic carbocycles. The van der Waals surface area contributed by atoms with Crippen molar-refractivity contribution in [3.8, 4) is 5.75 Å². The number of amidine groups is 1. The first-order valence-electron chi connectivity index (χ1n) is 6.31. The molecule has 0 aliphatic heterocycles. The van der Waals surface area contributed by atoms with Gasteiger partial charge in [-0.15, -0.1) is 0 Å². The second kappa shape index (κ2) is 8.03. The van der Waals surface area contributed by atoms with Gasteiger partial charge in [0.25, 0.3) is 0 Å². The number of nitrogens with zero attached hydrogens (tertiary/aromatic N) is 1. The number of halogens is 2. The van der Waals surface area contributed by atoms with Crippen molar-refractivity contribution in [1.29, 1.82) is 0 Å². The van der Waals surface area contributed by atoms with Crippen LogP contribution in [0, 0.1) is 5.92 Å². The van der Waals surface area contributed by atoms with Gasteiger partial charge in [-0.05, 0) is 30.7 Å². The van der Waals surface area contributed by atoms with E-state index in [0.717, 1.165) is 0 Å². The number of rotatable bonds is 7. The van der Waals surface area contributed by atoms with Gasteiger partial charge in [0.1, 0.15) is 5.75 Å². The summed E-state index contributed by atoms with van der Waals surface area (Å²) in [5, 5.41) is 14.1. The number of anilines is 1. The highest BCUT2D eigenvalue weighted by molar-refractivity contribution is 6.07. The second-order valence-corrected chi connectivity index (χ2v) is 4.26. The summed E-state index contributed by atoms with van der Waals surface area (Å²) in [6.45, 7) is -1.04. The van der Waals surface area contributed by atoms with Crippen molar-refractivity contribution in [3.63, 3.8) is 0 Å². The van der Waals surface area contributed by atoms with E-state index in [1.54, 1.807) is 0 Å². The first-order valence-corrected chi connectivity index (χ1v) is 6.31. The van der Waals surface area contributed by atoms with Gasteiger partial charge in [-0.1, -0.05) is 18.5 Å². The third-order valence-corrected chi connectivity index (χ3v) is 2.71. The lowest BCUT2D eigenvalue weighted by atomic mass is 10.0. The summed E-state index contributed by atoms with van der Waals surface area (Å²) in [6, 6.07) is 5.45. The van der Waals surface area contributed by atoms with Crippen molar-refractivity contribution in [2.75, 3.05) is 5.32 Å². The molecule has 0 aliphatic carbocycles. The van der Waals surface area contributed by atoms with E-state index in [-0.39, 0.29) is 11.6 Å². The molecule has 0 radical (unpaired) electrons. The lowest BCUT2D eigenvalue weighted by Crippen LogP contribution is -2.34. The fourth-order valence-corrected chi connectivity index (χ4v) is 1.72. The van der Waals surface area contributed by atoms with Gasteiger partial charge in [0.2, 0.25) is 5.91 Å². The van der Waals surface area contributed by atoms with E-state index in [2.05, 4.69) is 15.2 Å². The third-order valence-electron chi connectivity index (χ3n) is 2.71. The predicted molar refractivity (Wildman–Crippen MR) is 73.5 cm³/mol. The number of hydrogen-bond donors (Lipinski definition) is 3. The Morgan fingerprint density at radius 2 is 2.05 bits per heavy atom. The fourth-order valence-electron chi connectivity index (χ4n) is 1.72. The van der Waals surface area contributed by atoms with Crippen molar-refractivity contribution in [2.24, 2.45) is 16.8 Å². The van der Waals surface area contributed by atoms with Crippen LogP contribution in [0.4, 0.5) is 14.5 Å². The SMILES string of the molecule is CCCC(C(=O)Nc1ccc(OC(F)F)cc1)C(N)=NO. The Hall–Kier alpha value is -2.38. The number of carbonyl (C=O) groups is 1. The van der Waals surface area contributed by atoms with E-state index in [1.807, 2.05) is 6.92 Å². The Morgan fingerprint density at radius 1 is 1.43 bits per heavy atom. The van der Waals surface area contributed by atoms with Gasteiger partial charge in [0.15, 0.2) is 5.84 Å². The molecule has 0 aromatic heterocycles. The van der Waals surface area contributed by atoms with Crippen LogP contribution in [0.3, 0.4) is 0 Å². The van der Waals surface area contributed by atoms with Crippen LogP contribution in [0.25, 0.3) is 0 Å². The van der Waals surface area contributed by atoms with E-state index in [1.165, 1.54) is 24.3 Å². The number of alkyl halides is 2. The first kappa shape index (κ1) is 16.7. The molecule has 116 valence electrons. The highest BCUT2D eigenvalue weighted by Gasteiger charge is 2.22. The maximum atomic E-state index is 12.0. The standard InChI is InChI=1S/C13H17F2N3O3/c1-2-3-10(11(16)18-20)12(19)17-8-4-6-9(7-5-8)21-13(14)15/h4-7,10,13,20H,2-3H2,1H3,(H2,16,18)(H,17,19). The molecule has 0 saturated carbocycles. The van der Waals surface area contributed by atoms with Crippen LogP contribution in [0.5, 0.6) is 5.75 Å². The minimum Gasteiger partial charge on any atom is -0.435 e. The number of amides is 1. The Bertz CT molecular complexity index is 492. The molecule has 0 aliphatic rings. The Kier molecular flexibility index (Phi) is 6.38. The molecule has 0 saturated heterocycles. The van der Waals surface area contributed by atoms with E-state index < -0.39 is 18.4 Å². The van der Waals surface area contributed by atoms with Crippen molar-refractivity contribution >= 4 is 17.4 Å². The molecule has 0 bridgehead atoms. The summed E-state index contributed by atoms with van der Waals surface area (Å²) < 4.78 is 28.2. The molecule has 21 heavy (non-hydrogen) atoms. The number of ether oxygens (including phenoxy) is 1. The van der Waals surface area contributed by atoms with E-state index in [4.69, 9.17) is 10.9 Å². The topological polar surface area (TPSA) is 96.9 Å². The monoisotopic (exact) mass is 301 g/mol. The van der Waals surface area contributed by atoms with E-state index in [9.17, 15) is 13.6 Å². The molecule has 1 rings (SSSR count). The molecule has 1 unspecified atom stereocenters. The summed E-state index contributed by atoms with van der Waals surface area (Å²) >= 11 is 0. The molecule has 0 spiro atoms. The molecule has 0 heterocycles. The second-order valence-electron chi connectivity index (χ2n) is 4.26. The summed E-state index contributed by atoms with van der Waals surface area (Å²) in [7, 11) is 0. The molecule has 0 fully saturated rings. The van der Waals surface area contributed by atoms with Crippen LogP contribution in [-0.4, -0.2) is 23.6 Å². The van der Waals surface area contributed by atoms with Crippen LogP contribution in [-0.2, 0) is 4.79 Å². The first-order chi connectivity index (χ1) is 9.97. The predicted octanol–water partition coefficient (Wildman–Crippen LogP) is 2.39. The van der Waals surface area contributed by atoms with Crippen molar-refractivity contribution < 1.29 is 23.5 Å². The maximum absolute atomic E-state index is 12.0. The molecule has 1 amide bonds. The van der Waals surface area contributed by atoms with Gasteiger partial charge in [-0.2, -0.15) is 8.78 Å². The average Bonchev–Trinajstić information content (AvgIpc) is 2.45. The largest absolute Gasteiger partial charge is 0.435 e. The molecule has 1 atom stereocenters. The van der Waals surface area contributed by atoms with Crippen molar-refractivity contribution in [1.82, 2.24) is 0 Å². The summed E-state index contributed by atoms with van der Waals surface area (Å²) in [6.07, 6.45) is 1.10. The van der Waals surface area contributed by atoms with E-state index >= 15 is 0 Å². The van der Waals surface area contributed by atoms with Gasteiger partial charge in [0, 0.05) is 5.69 Å². The maximum Gasteiger partial charge on any atom is 0.387 e. The summed E-state index contributed by atoms with van der Waals surface area (Å²) in [4.78, 5) is 12.0. The molecular formula is C13H17F2N3O3. The highest BCUT2D eigenvalue weighted by Crippen LogP contribution is 2.19. The highest BCUT2D eigenvalue weighted by atomic mass is 19.3. The third kappa shape index (κ3) is 5.25. The summed E-state index contributed by atoms with van der Waals surface area (Å²) in [5.41, 5.74) is 5.87. The smallest absolute Gasteiger partial charge is 0.387 e. The van der Waals surface area contributed by atoms with Gasteiger partial charge < -0.3 is 21.0 Å². The zero-order valence-electron chi connectivity index (χ0n) is 11.4. The number of carbonyl (C=O) groups excluding carboxylic acids is 1. The molecule has 4 N–H and O–H groups in total. The van der Waals surface area contributed by atoms with Gasteiger partial charge >= 0.3 is 6.61 Å². The lowest BCUT2D eigenvalue weighted by Gasteiger charge is -2.14. The van der Waals surface area contributed by atoms with Crippen LogP contribution < -0.4 is 15.8 Å². The van der Waals surface area contributed by atoms with Gasteiger partial charge in [-0.3, -0.25) is 4.79 Å². The van der Waals surface area contributed by atoms with Gasteiger partial charge in [-0.25, -0.2) is 0 Å². The minimum atomic E-state index is -2.90. The van der Waals surface area contributed by atoms with Gasteiger partial charge in [0.05, 0.1) is 5.92 Å². The van der Waals surface area contributed by atoms with Crippen molar-refractivity contribution in [2.45, 2.75) is 26.4 Å². The number of hydrogen-bond acceptors (Lipinski definition) is 4. The number of oxime groups is 1. The Balaban J connectivity index is 2.72. The zero-order valence-corrected chi connectivity index (χ0v) is 11.4. The van der Waals surface area contributed by atoms with Crippen LogP contribution in [0.15, 0.2) is 29.4 Å². The fraction of sp³-hybridized carbons (Fsp3) is 0.385. The summed E-state index contributed by atoms with van der Waals surface area (Å²) in [5.74, 6) is -1.37. The number of nitrogens with one attached hydrogen (secondary N) is 1. The van der Waals surface area contributed by atoms with Crippen LogP contribution >= 0.6 is 0 Å². The zero-order chi connectivity index (χ0) is 15.8. The van der Waals surface area contributed by atoms with Crippen molar-refractivity contribution in [3.05, 3.63) is 24.3 Å². The Morgan fingerprint density at radius 3 is 2.52 bits per heavy atom. The van der Waals surface area contributed by atoms with Crippen LogP contribution in [0.1, 0.15) is 19.8 Å². The molecule has 6 nitrogen and oxygen atoms in total. The Labute approximate surface area is 120 Å². The minimum absolute atomic E-state index is 0.00968. The normalized spacial score (nSPS) is 13.0. The quantitative estimate of drug-likeness (QED) is 0.312. The molecule has 1 aromatic rings. The van der Waals surface area contributed by atoms with Crippen LogP contribution in [0.2, 0.25) is 0 Å². The number of benzene rings is 1. The molecule has 8 heteroatoms.